The first-order chi connectivity index (χ1) is 8.05. The van der Waals surface area contributed by atoms with E-state index < -0.39 is 0 Å². The summed E-state index contributed by atoms with van der Waals surface area (Å²) in [7, 11) is 10.5. The van der Waals surface area contributed by atoms with E-state index in [1.807, 2.05) is 6.07 Å². The zero-order valence-corrected chi connectivity index (χ0v) is 14.5. The van der Waals surface area contributed by atoms with Crippen LogP contribution in [0.5, 0.6) is 0 Å². The molecule has 0 radical (unpaired) electrons. The Bertz CT molecular complexity index is 186. The fourth-order valence-electron chi connectivity index (χ4n) is 0.551. The van der Waals surface area contributed by atoms with Crippen LogP contribution in [0.25, 0.3) is 16.0 Å². The first-order valence-corrected chi connectivity index (χ1v) is 5.43. The molecule has 0 aliphatic rings. The number of hydrogen-bond donors (Lipinski definition) is 0. The third kappa shape index (κ3) is 29.7. The molecule has 0 aromatic carbocycles. The molecule has 18 heavy (non-hydrogen) atoms. The van der Waals surface area contributed by atoms with E-state index in [9.17, 15) is 0 Å². The van der Waals surface area contributed by atoms with Gasteiger partial charge >= 0.3 is 21.7 Å². The molecule has 5 nitrogen and oxygen atoms in total. The predicted octanol–water partition coefficient (Wildman–Crippen LogP) is 3.02. The van der Waals surface area contributed by atoms with Crippen molar-refractivity contribution in [3.05, 3.63) is 33.9 Å². The number of aromatic nitrogens is 2. The molecule has 1 heterocycles. The maximum atomic E-state index is 3.87. The molecular formula is C12H27N5Ti. The van der Waals surface area contributed by atoms with Crippen molar-refractivity contribution in [1.82, 2.24) is 10.2 Å². The van der Waals surface area contributed by atoms with Gasteiger partial charge in [0.1, 0.15) is 0 Å². The van der Waals surface area contributed by atoms with Crippen molar-refractivity contribution in [3.63, 3.8) is 0 Å². The zero-order chi connectivity index (χ0) is 14.1. The summed E-state index contributed by atoms with van der Waals surface area (Å²) in [5.41, 5.74) is 1.07. The first kappa shape index (κ1) is 26.4. The van der Waals surface area contributed by atoms with Crippen LogP contribution in [0, 0.1) is 0 Å². The van der Waals surface area contributed by atoms with E-state index >= 15 is 0 Å². The molecular weight excluding hydrogens is 262 g/mol. The van der Waals surface area contributed by atoms with Crippen LogP contribution >= 0.6 is 0 Å². The number of hydrogen-bond acceptors (Lipinski definition) is 1. The van der Waals surface area contributed by atoms with Gasteiger partial charge in [0.25, 0.3) is 0 Å². The van der Waals surface area contributed by atoms with Crippen LogP contribution in [0.4, 0.5) is 0 Å². The van der Waals surface area contributed by atoms with Crippen molar-refractivity contribution >= 4 is 0 Å². The van der Waals surface area contributed by atoms with Gasteiger partial charge in [0.05, 0.1) is 0 Å². The Labute approximate surface area is 128 Å². The fourth-order valence-corrected chi connectivity index (χ4v) is 0.551. The smallest absolute Gasteiger partial charge is 0.668 e. The Morgan fingerprint density at radius 3 is 1.39 bits per heavy atom. The van der Waals surface area contributed by atoms with E-state index in [0.717, 1.165) is 5.69 Å². The minimum Gasteiger partial charge on any atom is -0.668 e. The molecule has 0 bridgehead atoms. The fraction of sp³-hybridized carbons (Fsp3) is 0.750. The Kier molecular flexibility index (Phi) is 37.5. The van der Waals surface area contributed by atoms with E-state index in [1.54, 1.807) is 48.5 Å². The predicted molar refractivity (Wildman–Crippen MR) is 77.3 cm³/mol. The quantitative estimate of drug-likeness (QED) is 0.746. The largest absolute Gasteiger partial charge is 4.00 e. The SMILES string of the molecule is CC(C)c1cc[n-]n1.C[N-]C.C[N-]C.C[N-]C.[Ti+4]. The molecule has 0 saturated carbocycles. The monoisotopic (exact) mass is 289 g/mol. The summed E-state index contributed by atoms with van der Waals surface area (Å²) < 4.78 is 0. The molecule has 0 atom stereocenters. The van der Waals surface area contributed by atoms with Gasteiger partial charge in [-0.3, -0.25) is 0 Å². The molecule has 0 amide bonds. The van der Waals surface area contributed by atoms with E-state index in [1.165, 1.54) is 0 Å². The summed E-state index contributed by atoms with van der Waals surface area (Å²) in [6.07, 6.45) is 1.72. The standard InChI is InChI=1S/C6H9N2.3C2H6N.Ti/c1-5(2)6-3-4-7-8-6;3*1-3-2;/h3-5H,1-2H3;3*1-2H3;/q4*-1;+4. The molecule has 0 spiro atoms. The van der Waals surface area contributed by atoms with E-state index in [2.05, 4.69) is 40.0 Å². The van der Waals surface area contributed by atoms with Gasteiger partial charge < -0.3 is 26.1 Å². The molecule has 0 aliphatic heterocycles. The third-order valence-electron chi connectivity index (χ3n) is 1.08. The van der Waals surface area contributed by atoms with Gasteiger partial charge in [0.15, 0.2) is 0 Å². The molecule has 0 unspecified atom stereocenters. The third-order valence-corrected chi connectivity index (χ3v) is 1.08. The van der Waals surface area contributed by atoms with Crippen LogP contribution in [0.2, 0.25) is 0 Å². The minimum atomic E-state index is 0. The van der Waals surface area contributed by atoms with E-state index in [0.29, 0.717) is 5.92 Å². The molecule has 1 rings (SSSR count). The van der Waals surface area contributed by atoms with Crippen LogP contribution in [0.15, 0.2) is 12.3 Å². The second-order valence-corrected chi connectivity index (χ2v) is 3.45. The van der Waals surface area contributed by atoms with Gasteiger partial charge in [-0.1, -0.05) is 19.9 Å². The summed E-state index contributed by atoms with van der Waals surface area (Å²) >= 11 is 0. The van der Waals surface area contributed by atoms with Crippen LogP contribution < -0.4 is 5.10 Å². The molecule has 0 saturated heterocycles. The maximum Gasteiger partial charge on any atom is 4.00 e. The molecule has 0 fully saturated rings. The molecule has 104 valence electrons. The van der Waals surface area contributed by atoms with Gasteiger partial charge in [-0.15, -0.1) is 0 Å². The molecule has 0 N–H and O–H groups in total. The van der Waals surface area contributed by atoms with Crippen LogP contribution in [0.3, 0.4) is 0 Å². The summed E-state index contributed by atoms with van der Waals surface area (Å²) in [5.74, 6) is 0.512. The van der Waals surface area contributed by atoms with Crippen LogP contribution in [-0.2, 0) is 21.7 Å². The van der Waals surface area contributed by atoms with Crippen molar-refractivity contribution in [2.24, 2.45) is 0 Å². The second kappa shape index (κ2) is 25.6. The van der Waals surface area contributed by atoms with Gasteiger partial charge in [0, 0.05) is 5.69 Å². The van der Waals surface area contributed by atoms with Crippen molar-refractivity contribution in [3.8, 4) is 0 Å². The summed E-state index contributed by atoms with van der Waals surface area (Å²) in [6, 6.07) is 1.94. The minimum absolute atomic E-state index is 0. The maximum absolute atomic E-state index is 3.87. The van der Waals surface area contributed by atoms with Gasteiger partial charge in [-0.05, 0) is 5.92 Å². The van der Waals surface area contributed by atoms with Crippen molar-refractivity contribution in [2.45, 2.75) is 19.8 Å². The van der Waals surface area contributed by atoms with Gasteiger partial charge in [-0.2, -0.15) is 48.5 Å². The van der Waals surface area contributed by atoms with Crippen LogP contribution in [0.1, 0.15) is 25.5 Å². The number of nitrogens with zero attached hydrogens (tertiary/aromatic N) is 5. The molecule has 0 aliphatic carbocycles. The van der Waals surface area contributed by atoms with Gasteiger partial charge in [0.2, 0.25) is 0 Å². The first-order valence-electron chi connectivity index (χ1n) is 5.43. The average molecular weight is 289 g/mol. The van der Waals surface area contributed by atoms with Gasteiger partial charge in [-0.25, -0.2) is 0 Å². The Morgan fingerprint density at radius 1 is 0.944 bits per heavy atom. The Morgan fingerprint density at radius 2 is 1.28 bits per heavy atom. The molecule has 1 aromatic heterocycles. The summed E-state index contributed by atoms with van der Waals surface area (Å²) in [4.78, 5) is 0. The zero-order valence-electron chi connectivity index (χ0n) is 13.0. The Balaban J connectivity index is -0.0000000840. The summed E-state index contributed by atoms with van der Waals surface area (Å²) in [5, 5.41) is 18.1. The second-order valence-electron chi connectivity index (χ2n) is 3.45. The molecule has 6 heteroatoms. The normalized spacial score (nSPS) is 7.61. The van der Waals surface area contributed by atoms with Crippen molar-refractivity contribution in [1.29, 1.82) is 0 Å². The van der Waals surface area contributed by atoms with Crippen molar-refractivity contribution in [2.75, 3.05) is 42.3 Å². The topological polar surface area (TPSA) is 69.3 Å². The molecule has 1 aromatic rings. The number of rotatable bonds is 1. The summed E-state index contributed by atoms with van der Waals surface area (Å²) in [6.45, 7) is 4.20. The average Bonchev–Trinajstić information content (AvgIpc) is 2.73. The van der Waals surface area contributed by atoms with Crippen molar-refractivity contribution < 1.29 is 21.7 Å². The van der Waals surface area contributed by atoms with E-state index in [-0.39, 0.29) is 21.7 Å². The Hall–Kier alpha value is -0.196. The van der Waals surface area contributed by atoms with Crippen LogP contribution in [-0.4, -0.2) is 47.4 Å². The van der Waals surface area contributed by atoms with E-state index in [4.69, 9.17) is 0 Å².